The number of halogens is 2. The summed E-state index contributed by atoms with van der Waals surface area (Å²) in [6.45, 7) is 16.3. The Morgan fingerprint density at radius 3 is 2.19 bits per heavy atom. The van der Waals surface area contributed by atoms with Gasteiger partial charge in [-0.3, -0.25) is 0 Å². The molecule has 0 saturated carbocycles. The van der Waals surface area contributed by atoms with Crippen LogP contribution in [0.25, 0.3) is 27.1 Å². The van der Waals surface area contributed by atoms with Gasteiger partial charge in [-0.05, 0) is 48.9 Å². The van der Waals surface area contributed by atoms with Crippen molar-refractivity contribution < 1.29 is 51.0 Å². The van der Waals surface area contributed by atoms with Crippen LogP contribution in [-0.4, -0.2) is 8.07 Å². The molecule has 0 saturated heterocycles. The van der Waals surface area contributed by atoms with E-state index in [1.165, 1.54) is 44.3 Å². The summed E-state index contributed by atoms with van der Waals surface area (Å²) in [6, 6.07) is 22.6. The monoisotopic (exact) mass is 627 g/mol. The minimum Gasteiger partial charge on any atom is -1.00 e. The first-order valence-electron chi connectivity index (χ1n) is 12.3. The topological polar surface area (TPSA) is 0 Å². The van der Waals surface area contributed by atoms with Crippen molar-refractivity contribution in [1.29, 1.82) is 0 Å². The molecule has 2 aliphatic heterocycles. The fourth-order valence-electron chi connectivity index (χ4n) is 6.15. The molecule has 187 valence electrons. The van der Waals surface area contributed by atoms with Gasteiger partial charge >= 0.3 is 26.2 Å². The van der Waals surface area contributed by atoms with Gasteiger partial charge in [-0.2, -0.15) is 6.07 Å². The molecule has 0 spiro atoms. The van der Waals surface area contributed by atoms with E-state index in [0.29, 0.717) is 5.92 Å². The van der Waals surface area contributed by atoms with Gasteiger partial charge in [-0.25, -0.2) is 0 Å². The van der Waals surface area contributed by atoms with Crippen LogP contribution in [-0.2, 0) is 26.2 Å². The smallest absolute Gasteiger partial charge is 1.00 e. The van der Waals surface area contributed by atoms with Crippen LogP contribution in [0.3, 0.4) is 0 Å². The molecular weight excluding hydrogens is 595 g/mol. The Balaban J connectivity index is 0.000000250. The normalized spacial score (nSPS) is 17.0. The molecule has 5 heteroatoms. The van der Waals surface area contributed by atoms with Gasteiger partial charge in [-0.15, -0.1) is 45.9 Å². The predicted molar refractivity (Wildman–Crippen MR) is 150 cm³/mol. The first-order chi connectivity index (χ1) is 15.7. The van der Waals surface area contributed by atoms with Crippen LogP contribution in [0, 0.1) is 13.8 Å². The van der Waals surface area contributed by atoms with Crippen LogP contribution in [0.4, 0.5) is 0 Å². The number of aryl methyl sites for hydroxylation is 2. The van der Waals surface area contributed by atoms with E-state index < -0.39 is 8.07 Å². The molecule has 7 rings (SSSR count). The third-order valence-corrected chi connectivity index (χ3v) is 13.3. The van der Waals surface area contributed by atoms with E-state index in [-0.39, 0.29) is 51.0 Å². The van der Waals surface area contributed by atoms with Crippen LogP contribution < -0.4 is 24.8 Å². The summed E-state index contributed by atoms with van der Waals surface area (Å²) in [4.78, 5) is 3.19. The Kier molecular flexibility index (Phi) is 10.4. The second-order valence-electron chi connectivity index (χ2n) is 10.6. The Labute approximate surface area is 253 Å². The summed E-state index contributed by atoms with van der Waals surface area (Å²) >= 11 is 2.03. The van der Waals surface area contributed by atoms with Crippen LogP contribution >= 0.6 is 11.3 Å². The Bertz CT molecular complexity index is 1380. The molecule has 36 heavy (non-hydrogen) atoms. The maximum Gasteiger partial charge on any atom is 3.00 e. The first-order valence-corrected chi connectivity index (χ1v) is 16.2. The van der Waals surface area contributed by atoms with Crippen molar-refractivity contribution in [2.24, 2.45) is 0 Å². The summed E-state index contributed by atoms with van der Waals surface area (Å²) in [7, 11) is -0.995. The van der Waals surface area contributed by atoms with E-state index in [0.717, 1.165) is 5.54 Å². The maximum atomic E-state index is 2.52. The number of benzene rings is 2. The van der Waals surface area contributed by atoms with Gasteiger partial charge in [-0.1, -0.05) is 80.5 Å². The number of thiophene rings is 1. The van der Waals surface area contributed by atoms with Crippen molar-refractivity contribution in [3.05, 3.63) is 92.7 Å². The fraction of sp³-hybridized carbons (Fsp3) is 0.323. The van der Waals surface area contributed by atoms with Gasteiger partial charge in [0.05, 0.1) is 8.07 Å². The maximum absolute atomic E-state index is 2.52. The number of hydrogen-bond acceptors (Lipinski definition) is 1. The Hall–Kier alpha value is -0.830. The van der Waals surface area contributed by atoms with Gasteiger partial charge in [0.1, 0.15) is 0 Å². The molecule has 0 amide bonds. The van der Waals surface area contributed by atoms with Crippen LogP contribution in [0.15, 0.2) is 66.2 Å². The van der Waals surface area contributed by atoms with Crippen molar-refractivity contribution in [1.82, 2.24) is 0 Å². The van der Waals surface area contributed by atoms with Crippen LogP contribution in [0.1, 0.15) is 65.1 Å². The molecular formula is C31H35Cl2SSiZr. The molecule has 1 aromatic heterocycles. The molecule has 3 heterocycles. The molecule has 1 aliphatic carbocycles. The van der Waals surface area contributed by atoms with Crippen molar-refractivity contribution in [3.63, 3.8) is 0 Å². The largest absolute Gasteiger partial charge is 3.00 e. The third-order valence-electron chi connectivity index (χ3n) is 7.91. The molecule has 0 fully saturated rings. The van der Waals surface area contributed by atoms with Crippen molar-refractivity contribution in [2.75, 3.05) is 0 Å². The summed E-state index contributed by atoms with van der Waals surface area (Å²) in [5.74, 6) is 0.640. The molecule has 2 atom stereocenters. The van der Waals surface area contributed by atoms with Gasteiger partial charge in [0.2, 0.25) is 0 Å². The average molecular weight is 630 g/mol. The number of allylic oxidation sites excluding steroid dienone is 1. The van der Waals surface area contributed by atoms with E-state index in [4.69, 9.17) is 0 Å². The number of rotatable bonds is 3. The summed E-state index contributed by atoms with van der Waals surface area (Å²) in [5, 5.41) is 4.48. The minimum atomic E-state index is -0.995. The molecule has 3 aromatic carbocycles. The second kappa shape index (κ2) is 11.9. The zero-order valence-corrected chi connectivity index (χ0v) is 28.1. The zero-order chi connectivity index (χ0) is 23.5. The Morgan fingerprint density at radius 1 is 0.944 bits per heavy atom. The standard InChI is InChI=1S/C20H21.C11H14SSi.2ClH.Zr/c1-4-15(3)16-8-10-17(11-9-16)19-7-5-6-18-12-14(2)13-20(18)19;1-6-5-8-9(12-6)11-7(2)10(8)13(11,3)4;;;/h5-13,15H,4H2,1-3H3;5,11H,1-4H3;2*1H;/q-1;;;;+3/p-2. The molecule has 1 radical (unpaired) electrons. The van der Waals surface area contributed by atoms with E-state index >= 15 is 0 Å². The van der Waals surface area contributed by atoms with E-state index in [1.54, 1.807) is 21.2 Å². The van der Waals surface area contributed by atoms with E-state index in [9.17, 15) is 0 Å². The van der Waals surface area contributed by atoms with Gasteiger partial charge in [0.25, 0.3) is 0 Å². The molecule has 2 bridgehead atoms. The molecule has 3 aliphatic rings. The molecule has 4 aromatic rings. The van der Waals surface area contributed by atoms with Crippen molar-refractivity contribution in [2.45, 2.75) is 65.6 Å². The molecule has 0 N–H and O–H groups in total. The first kappa shape index (κ1) is 31.4. The fourth-order valence-corrected chi connectivity index (χ4v) is 12.6. The van der Waals surface area contributed by atoms with E-state index in [1.807, 2.05) is 11.3 Å². The van der Waals surface area contributed by atoms with Gasteiger partial charge in [0, 0.05) is 15.3 Å². The predicted octanol–water partition coefficient (Wildman–Crippen LogP) is 3.78. The summed E-state index contributed by atoms with van der Waals surface area (Å²) in [6.07, 6.45) is 1.19. The summed E-state index contributed by atoms with van der Waals surface area (Å²) in [5.41, 5.74) is 9.63. The van der Waals surface area contributed by atoms with Crippen molar-refractivity contribution in [3.8, 4) is 11.1 Å². The SMILES string of the molecule is CC1=C2c3cc(C)sc3C1[Si]2(C)C.CCC(C)c1ccc(-c2cccc3[cH-]c(C)cc23)cc1.[Cl-].[Cl-].[Zr+3]. The van der Waals surface area contributed by atoms with E-state index in [2.05, 4.69) is 108 Å². The quantitative estimate of drug-likeness (QED) is 0.239. The molecule has 2 unspecified atom stereocenters. The second-order valence-corrected chi connectivity index (χ2v) is 16.4. The molecule has 0 nitrogen and oxygen atoms in total. The minimum absolute atomic E-state index is 0. The van der Waals surface area contributed by atoms with Gasteiger partial charge in [0.15, 0.2) is 0 Å². The summed E-state index contributed by atoms with van der Waals surface area (Å²) < 4.78 is 0. The van der Waals surface area contributed by atoms with Gasteiger partial charge < -0.3 is 24.8 Å². The number of hydrogen-bond donors (Lipinski definition) is 0. The zero-order valence-electron chi connectivity index (χ0n) is 22.3. The average Bonchev–Trinajstić information content (AvgIpc) is 3.47. The van der Waals surface area contributed by atoms with Crippen molar-refractivity contribution >= 4 is 35.4 Å². The Morgan fingerprint density at radius 2 is 1.61 bits per heavy atom. The third kappa shape index (κ3) is 5.21. The number of fused-ring (bicyclic) bond motifs is 1. The van der Waals surface area contributed by atoms with Crippen LogP contribution in [0.5, 0.6) is 0 Å². The van der Waals surface area contributed by atoms with Crippen LogP contribution in [0.2, 0.25) is 13.1 Å².